The van der Waals surface area contributed by atoms with E-state index in [-0.39, 0.29) is 16.2 Å². The summed E-state index contributed by atoms with van der Waals surface area (Å²) in [7, 11) is 0. The van der Waals surface area contributed by atoms with Crippen molar-refractivity contribution in [2.24, 2.45) is 10.8 Å². The fraction of sp³-hybridized carbons (Fsp3) is 0.636. The molecule has 0 amide bonds. The Hall–Kier alpha value is -2.12. The summed E-state index contributed by atoms with van der Waals surface area (Å²) in [6, 6.07) is 8.59. The molecule has 0 atom stereocenters. The van der Waals surface area contributed by atoms with E-state index in [1.165, 1.54) is 11.1 Å². The fourth-order valence-electron chi connectivity index (χ4n) is 5.12. The van der Waals surface area contributed by atoms with Crippen molar-refractivity contribution in [2.75, 3.05) is 26.2 Å². The van der Waals surface area contributed by atoms with Crippen molar-refractivity contribution < 1.29 is 10.2 Å². The third-order valence-corrected chi connectivity index (χ3v) is 7.77. The Labute approximate surface area is 237 Å². The molecule has 4 bridgehead atoms. The van der Waals surface area contributed by atoms with E-state index in [0.717, 1.165) is 48.4 Å². The molecule has 1 aliphatic rings. The summed E-state index contributed by atoms with van der Waals surface area (Å²) < 4.78 is 0. The Morgan fingerprint density at radius 2 is 0.923 bits per heavy atom. The lowest BCUT2D eigenvalue weighted by Crippen LogP contribution is -2.38. The topological polar surface area (TPSA) is 88.6 Å². The van der Waals surface area contributed by atoms with Crippen LogP contribution in [0.25, 0.3) is 0 Å². The van der Waals surface area contributed by atoms with E-state index in [4.69, 9.17) is 0 Å². The number of nitrogens with one attached hydrogen (secondary N) is 4. The number of aromatic hydroxyl groups is 2. The molecule has 0 radical (unpaired) electrons. The van der Waals surface area contributed by atoms with Crippen LogP contribution in [0.1, 0.15) is 102 Å². The largest absolute Gasteiger partial charge is 0.507 e. The first-order valence-corrected chi connectivity index (χ1v) is 14.6. The maximum Gasteiger partial charge on any atom is 0.124 e. The number of hydrogen-bond donors (Lipinski definition) is 6. The number of benzene rings is 2. The van der Waals surface area contributed by atoms with Gasteiger partial charge in [0, 0.05) is 74.6 Å². The van der Waals surface area contributed by atoms with Gasteiger partial charge in [-0.15, -0.1) is 0 Å². The number of rotatable bonds is 1. The second kappa shape index (κ2) is 12.6. The summed E-state index contributed by atoms with van der Waals surface area (Å²) in [4.78, 5) is 0. The van der Waals surface area contributed by atoms with Crippen LogP contribution in [-0.4, -0.2) is 36.4 Å². The van der Waals surface area contributed by atoms with E-state index in [1.54, 1.807) is 0 Å². The van der Waals surface area contributed by atoms with E-state index >= 15 is 0 Å². The molecule has 0 aliphatic carbocycles. The van der Waals surface area contributed by atoms with Gasteiger partial charge in [0.2, 0.25) is 0 Å². The lowest BCUT2D eigenvalue weighted by Gasteiger charge is -2.28. The smallest absolute Gasteiger partial charge is 0.124 e. The Morgan fingerprint density at radius 1 is 0.615 bits per heavy atom. The highest BCUT2D eigenvalue weighted by Crippen LogP contribution is 2.32. The molecular weight excluding hydrogens is 484 g/mol. The summed E-state index contributed by atoms with van der Waals surface area (Å²) in [5.41, 5.74) is 6.26. The summed E-state index contributed by atoms with van der Waals surface area (Å²) in [6.45, 7) is 25.7. The van der Waals surface area contributed by atoms with Crippen molar-refractivity contribution in [1.82, 2.24) is 21.3 Å². The summed E-state index contributed by atoms with van der Waals surface area (Å²) >= 11 is 0. The second-order valence-corrected chi connectivity index (χ2v) is 14.5. The van der Waals surface area contributed by atoms with Crippen LogP contribution in [0.2, 0.25) is 0 Å². The molecular formula is C33H54N4O2. The quantitative estimate of drug-likeness (QED) is 0.282. The van der Waals surface area contributed by atoms with Gasteiger partial charge in [0.1, 0.15) is 11.5 Å². The van der Waals surface area contributed by atoms with Crippen molar-refractivity contribution >= 4 is 0 Å². The monoisotopic (exact) mass is 538 g/mol. The van der Waals surface area contributed by atoms with E-state index in [2.05, 4.69) is 108 Å². The first-order valence-electron chi connectivity index (χ1n) is 14.6. The van der Waals surface area contributed by atoms with Crippen molar-refractivity contribution in [3.8, 4) is 11.5 Å². The van der Waals surface area contributed by atoms with Crippen LogP contribution < -0.4 is 21.3 Å². The van der Waals surface area contributed by atoms with Crippen LogP contribution >= 0.6 is 0 Å². The van der Waals surface area contributed by atoms with Gasteiger partial charge in [0.15, 0.2) is 0 Å². The van der Waals surface area contributed by atoms with Crippen LogP contribution in [0.3, 0.4) is 0 Å². The maximum atomic E-state index is 11.2. The van der Waals surface area contributed by atoms with E-state index < -0.39 is 0 Å². The summed E-state index contributed by atoms with van der Waals surface area (Å²) in [6.07, 6.45) is 0. The first kappa shape index (κ1) is 31.4. The zero-order valence-corrected chi connectivity index (χ0v) is 25.9. The number of fused-ring (bicyclic) bond motifs is 4. The lowest BCUT2D eigenvalue weighted by atomic mass is 9.84. The number of hydrogen-bond acceptors (Lipinski definition) is 6. The molecule has 218 valence electrons. The van der Waals surface area contributed by atoms with Gasteiger partial charge in [-0.3, -0.25) is 0 Å². The average molecular weight is 539 g/mol. The number of phenolic OH excluding ortho intramolecular Hbond substituents is 2. The molecule has 0 spiro atoms. The van der Waals surface area contributed by atoms with Gasteiger partial charge in [-0.05, 0) is 33.3 Å². The SMILES string of the molecule is CC(C)c1cc2c(O)c(c1)CNCC(C)(C)CNCc1cc(C(C)(C)C)cc(c1O)CNCC(C)(C)CNC2. The maximum absolute atomic E-state index is 11.2. The predicted molar refractivity (Wildman–Crippen MR) is 163 cm³/mol. The van der Waals surface area contributed by atoms with Crippen LogP contribution in [0.4, 0.5) is 0 Å². The molecule has 0 saturated heterocycles. The van der Waals surface area contributed by atoms with E-state index in [1.807, 2.05) is 0 Å². The zero-order chi connectivity index (χ0) is 29.0. The van der Waals surface area contributed by atoms with Gasteiger partial charge >= 0.3 is 0 Å². The molecule has 0 fully saturated rings. The van der Waals surface area contributed by atoms with Gasteiger partial charge < -0.3 is 31.5 Å². The molecule has 2 aromatic carbocycles. The Morgan fingerprint density at radius 3 is 1.21 bits per heavy atom. The van der Waals surface area contributed by atoms with Gasteiger partial charge in [-0.2, -0.15) is 0 Å². The van der Waals surface area contributed by atoms with Crippen molar-refractivity contribution in [3.63, 3.8) is 0 Å². The minimum atomic E-state index is -0.0102. The lowest BCUT2D eigenvalue weighted by molar-refractivity contribution is 0.313. The number of phenols is 2. The fourth-order valence-corrected chi connectivity index (χ4v) is 5.12. The van der Waals surface area contributed by atoms with Crippen LogP contribution in [0.15, 0.2) is 24.3 Å². The highest BCUT2D eigenvalue weighted by Gasteiger charge is 2.23. The van der Waals surface area contributed by atoms with Gasteiger partial charge in [0.05, 0.1) is 0 Å². The molecule has 0 aromatic heterocycles. The zero-order valence-electron chi connectivity index (χ0n) is 25.9. The summed E-state index contributed by atoms with van der Waals surface area (Å²) in [5.74, 6) is 1.17. The van der Waals surface area contributed by atoms with Crippen molar-refractivity contribution in [1.29, 1.82) is 0 Å². The molecule has 3 rings (SSSR count). The standard InChI is InChI=1S/C33H54N4O2/c1-22(2)23-10-24-14-34-18-32(6,7)20-36-16-26-12-28(31(3,4)5)13-27(30(26)39)17-37-21-33(8,9)19-35-15-25(11-23)29(24)38/h10-13,22,34-39H,14-21H2,1-9H3. The molecule has 1 aliphatic heterocycles. The molecule has 6 heteroatoms. The molecule has 0 unspecified atom stereocenters. The van der Waals surface area contributed by atoms with E-state index in [9.17, 15) is 10.2 Å². The molecule has 0 saturated carbocycles. The highest BCUT2D eigenvalue weighted by molar-refractivity contribution is 5.46. The Kier molecular flexibility index (Phi) is 10.1. The molecule has 2 aromatic rings. The van der Waals surface area contributed by atoms with Crippen molar-refractivity contribution in [2.45, 2.75) is 99.8 Å². The first-order chi connectivity index (χ1) is 18.1. The molecule has 39 heavy (non-hydrogen) atoms. The highest BCUT2D eigenvalue weighted by atomic mass is 16.3. The third kappa shape index (κ3) is 8.94. The van der Waals surface area contributed by atoms with Gasteiger partial charge in [-0.1, -0.05) is 86.6 Å². The minimum Gasteiger partial charge on any atom is -0.507 e. The van der Waals surface area contributed by atoms with Gasteiger partial charge in [-0.25, -0.2) is 0 Å². The molecule has 1 heterocycles. The third-order valence-electron chi connectivity index (χ3n) is 7.77. The van der Waals surface area contributed by atoms with Gasteiger partial charge in [0.25, 0.3) is 0 Å². The normalized spacial score (nSPS) is 19.5. The Balaban J connectivity index is 1.89. The predicted octanol–water partition coefficient (Wildman–Crippen LogP) is 5.64. The second-order valence-electron chi connectivity index (χ2n) is 14.5. The summed E-state index contributed by atoms with van der Waals surface area (Å²) in [5, 5.41) is 36.7. The van der Waals surface area contributed by atoms with Crippen LogP contribution in [0.5, 0.6) is 11.5 Å². The Bertz CT molecular complexity index is 1050. The van der Waals surface area contributed by atoms with E-state index in [0.29, 0.717) is 43.6 Å². The van der Waals surface area contributed by atoms with Crippen molar-refractivity contribution in [3.05, 3.63) is 57.6 Å². The average Bonchev–Trinajstić information content (AvgIpc) is 2.81. The van der Waals surface area contributed by atoms with Crippen LogP contribution in [0, 0.1) is 10.8 Å². The van der Waals surface area contributed by atoms with Crippen LogP contribution in [-0.2, 0) is 31.6 Å². The molecule has 6 nitrogen and oxygen atoms in total. The molecule has 6 N–H and O–H groups in total. The minimum absolute atomic E-state index is 0.00574.